The largest absolute Gasteiger partial charge is 0.480 e. The quantitative estimate of drug-likeness (QED) is 0.552. The number of nitrogens with one attached hydrogen (secondary N) is 1. The van der Waals surface area contributed by atoms with Crippen LogP contribution in [0.4, 0.5) is 0 Å². The molecular formula is C20H23Cl2NO2S. The second-order valence-corrected chi connectivity index (χ2v) is 7.79. The van der Waals surface area contributed by atoms with Crippen LogP contribution in [0.5, 0.6) is 5.75 Å². The first-order chi connectivity index (χ1) is 12.5. The molecule has 0 aliphatic heterocycles. The molecule has 1 N–H and O–H groups in total. The van der Waals surface area contributed by atoms with Crippen molar-refractivity contribution in [2.24, 2.45) is 0 Å². The Balaban J connectivity index is 1.73. The van der Waals surface area contributed by atoms with E-state index in [0.717, 1.165) is 28.4 Å². The van der Waals surface area contributed by atoms with Gasteiger partial charge in [0.2, 0.25) is 0 Å². The first-order valence-electron chi connectivity index (χ1n) is 8.53. The summed E-state index contributed by atoms with van der Waals surface area (Å²) >= 11 is 13.7. The number of para-hydroxylation sites is 1. The number of halogens is 2. The summed E-state index contributed by atoms with van der Waals surface area (Å²) in [5.41, 5.74) is 2.14. The van der Waals surface area contributed by atoms with E-state index in [0.29, 0.717) is 23.0 Å². The van der Waals surface area contributed by atoms with Crippen LogP contribution in [0, 0.1) is 6.92 Å². The normalized spacial score (nSPS) is 11.8. The van der Waals surface area contributed by atoms with Gasteiger partial charge in [-0.3, -0.25) is 4.79 Å². The third kappa shape index (κ3) is 6.42. The summed E-state index contributed by atoms with van der Waals surface area (Å²) in [5.74, 6) is 2.31. The van der Waals surface area contributed by atoms with Crippen LogP contribution in [0.2, 0.25) is 10.0 Å². The second-order valence-electron chi connectivity index (χ2n) is 5.87. The molecule has 3 nitrogen and oxygen atoms in total. The maximum absolute atomic E-state index is 12.3. The van der Waals surface area contributed by atoms with Crippen molar-refractivity contribution in [1.82, 2.24) is 5.32 Å². The molecule has 26 heavy (non-hydrogen) atoms. The highest BCUT2D eigenvalue weighted by molar-refractivity contribution is 7.98. The number of carbonyl (C=O) groups is 1. The third-order valence-corrected chi connectivity index (χ3v) is 5.59. The van der Waals surface area contributed by atoms with E-state index in [9.17, 15) is 4.79 Å². The van der Waals surface area contributed by atoms with Crippen LogP contribution in [0.15, 0.2) is 42.5 Å². The molecule has 2 rings (SSSR count). The number of benzene rings is 2. The van der Waals surface area contributed by atoms with Gasteiger partial charge in [0.15, 0.2) is 6.10 Å². The summed E-state index contributed by atoms with van der Waals surface area (Å²) in [6.07, 6.45) is 0.146. The Morgan fingerprint density at radius 2 is 1.96 bits per heavy atom. The summed E-state index contributed by atoms with van der Waals surface area (Å²) < 4.78 is 5.86. The number of hydrogen-bond acceptors (Lipinski definition) is 3. The van der Waals surface area contributed by atoms with Gasteiger partial charge in [-0.05, 0) is 42.7 Å². The zero-order chi connectivity index (χ0) is 18.9. The number of rotatable bonds is 9. The van der Waals surface area contributed by atoms with Crippen LogP contribution in [0.1, 0.15) is 24.5 Å². The van der Waals surface area contributed by atoms with E-state index in [1.54, 1.807) is 17.8 Å². The molecule has 2 aromatic rings. The molecule has 0 aromatic heterocycles. The van der Waals surface area contributed by atoms with E-state index in [-0.39, 0.29) is 5.91 Å². The maximum Gasteiger partial charge on any atom is 0.261 e. The van der Waals surface area contributed by atoms with E-state index in [1.165, 1.54) is 0 Å². The van der Waals surface area contributed by atoms with Crippen molar-refractivity contribution in [2.45, 2.75) is 32.1 Å². The van der Waals surface area contributed by atoms with Crippen LogP contribution in [0.25, 0.3) is 0 Å². The highest BCUT2D eigenvalue weighted by atomic mass is 35.5. The summed E-state index contributed by atoms with van der Waals surface area (Å²) in [5, 5.41) is 4.08. The lowest BCUT2D eigenvalue weighted by atomic mass is 10.2. The molecule has 0 radical (unpaired) electrons. The van der Waals surface area contributed by atoms with E-state index >= 15 is 0 Å². The van der Waals surface area contributed by atoms with Crippen LogP contribution >= 0.6 is 35.0 Å². The van der Waals surface area contributed by atoms with Crippen molar-refractivity contribution in [3.05, 3.63) is 63.6 Å². The predicted octanol–water partition coefficient (Wildman–Crippen LogP) is 5.51. The Hall–Kier alpha value is -1.36. The minimum Gasteiger partial charge on any atom is -0.480 e. The van der Waals surface area contributed by atoms with Gasteiger partial charge in [-0.2, -0.15) is 11.8 Å². The Morgan fingerprint density at radius 3 is 2.65 bits per heavy atom. The van der Waals surface area contributed by atoms with Gasteiger partial charge in [0, 0.05) is 18.1 Å². The minimum absolute atomic E-state index is 0.0779. The lowest BCUT2D eigenvalue weighted by Crippen LogP contribution is -2.39. The van der Waals surface area contributed by atoms with Gasteiger partial charge in [0.05, 0.1) is 10.0 Å². The zero-order valence-corrected chi connectivity index (χ0v) is 17.3. The molecule has 0 bridgehead atoms. The number of amides is 1. The summed E-state index contributed by atoms with van der Waals surface area (Å²) in [6.45, 7) is 4.51. The van der Waals surface area contributed by atoms with E-state index in [1.807, 2.05) is 50.2 Å². The molecule has 0 fully saturated rings. The zero-order valence-electron chi connectivity index (χ0n) is 14.9. The standard InChI is InChI=1S/C20H23Cl2NO2S/c1-3-18(25-19-7-5-4-6-14(19)2)20(24)23-10-11-26-13-15-8-9-16(21)17(22)12-15/h4-9,12,18H,3,10-11,13H2,1-2H3,(H,23,24)/t18-/m0/s1. The average molecular weight is 412 g/mol. The monoisotopic (exact) mass is 411 g/mol. The number of thioether (sulfide) groups is 1. The molecule has 0 heterocycles. The first kappa shape index (κ1) is 20.9. The van der Waals surface area contributed by atoms with E-state index < -0.39 is 6.10 Å². The lowest BCUT2D eigenvalue weighted by molar-refractivity contribution is -0.128. The van der Waals surface area contributed by atoms with Crippen LogP contribution < -0.4 is 10.1 Å². The van der Waals surface area contributed by atoms with Crippen LogP contribution in [-0.4, -0.2) is 24.3 Å². The van der Waals surface area contributed by atoms with Gasteiger partial charge in [-0.25, -0.2) is 0 Å². The van der Waals surface area contributed by atoms with Crippen molar-refractivity contribution in [1.29, 1.82) is 0 Å². The molecular weight excluding hydrogens is 389 g/mol. The smallest absolute Gasteiger partial charge is 0.261 e. The molecule has 2 aromatic carbocycles. The molecule has 0 unspecified atom stereocenters. The molecule has 6 heteroatoms. The van der Waals surface area contributed by atoms with Crippen molar-refractivity contribution in [3.8, 4) is 5.75 Å². The Labute approximate surface area is 169 Å². The molecule has 0 saturated carbocycles. The Kier molecular flexibility index (Phi) is 8.63. The summed E-state index contributed by atoms with van der Waals surface area (Å²) in [7, 11) is 0. The average Bonchev–Trinajstić information content (AvgIpc) is 2.63. The van der Waals surface area contributed by atoms with Gasteiger partial charge < -0.3 is 10.1 Å². The van der Waals surface area contributed by atoms with Gasteiger partial charge in [-0.1, -0.05) is 54.4 Å². The predicted molar refractivity (Wildman–Crippen MR) is 112 cm³/mol. The third-order valence-electron chi connectivity index (χ3n) is 3.82. The number of ether oxygens (including phenoxy) is 1. The lowest BCUT2D eigenvalue weighted by Gasteiger charge is -2.18. The molecule has 0 aliphatic rings. The molecule has 0 aliphatic carbocycles. The Morgan fingerprint density at radius 1 is 1.19 bits per heavy atom. The second kappa shape index (κ2) is 10.7. The van der Waals surface area contributed by atoms with Crippen molar-refractivity contribution in [2.75, 3.05) is 12.3 Å². The molecule has 1 amide bonds. The maximum atomic E-state index is 12.3. The first-order valence-corrected chi connectivity index (χ1v) is 10.4. The minimum atomic E-state index is -0.476. The Bertz CT molecular complexity index is 740. The van der Waals surface area contributed by atoms with Gasteiger partial charge in [-0.15, -0.1) is 0 Å². The SMILES string of the molecule is CC[C@H](Oc1ccccc1C)C(=O)NCCSCc1ccc(Cl)c(Cl)c1. The molecule has 0 saturated heterocycles. The van der Waals surface area contributed by atoms with Crippen LogP contribution in [0.3, 0.4) is 0 Å². The molecule has 1 atom stereocenters. The highest BCUT2D eigenvalue weighted by Crippen LogP contribution is 2.24. The van der Waals surface area contributed by atoms with Gasteiger partial charge in [0.25, 0.3) is 5.91 Å². The van der Waals surface area contributed by atoms with Crippen molar-refractivity contribution >= 4 is 40.9 Å². The van der Waals surface area contributed by atoms with Crippen molar-refractivity contribution < 1.29 is 9.53 Å². The summed E-state index contributed by atoms with van der Waals surface area (Å²) in [6, 6.07) is 13.4. The number of aryl methyl sites for hydroxylation is 1. The van der Waals surface area contributed by atoms with E-state index in [2.05, 4.69) is 5.32 Å². The van der Waals surface area contributed by atoms with Gasteiger partial charge >= 0.3 is 0 Å². The fraction of sp³-hybridized carbons (Fsp3) is 0.350. The fourth-order valence-corrected chi connectivity index (χ4v) is 3.47. The molecule has 0 spiro atoms. The van der Waals surface area contributed by atoms with Gasteiger partial charge in [0.1, 0.15) is 5.75 Å². The summed E-state index contributed by atoms with van der Waals surface area (Å²) in [4.78, 5) is 12.3. The van der Waals surface area contributed by atoms with E-state index in [4.69, 9.17) is 27.9 Å². The fourth-order valence-electron chi connectivity index (χ4n) is 2.34. The highest BCUT2D eigenvalue weighted by Gasteiger charge is 2.18. The number of carbonyl (C=O) groups excluding carboxylic acids is 1. The van der Waals surface area contributed by atoms with Crippen molar-refractivity contribution in [3.63, 3.8) is 0 Å². The molecule has 140 valence electrons. The topological polar surface area (TPSA) is 38.3 Å². The number of hydrogen-bond donors (Lipinski definition) is 1. The van der Waals surface area contributed by atoms with Crippen LogP contribution in [-0.2, 0) is 10.5 Å².